The minimum atomic E-state index is -0.532. The third-order valence-electron chi connectivity index (χ3n) is 6.22. The van der Waals surface area contributed by atoms with Crippen LogP contribution in [0.4, 0.5) is 0 Å². The maximum absolute atomic E-state index is 13.8. The maximum atomic E-state index is 13.8. The van der Waals surface area contributed by atoms with Crippen molar-refractivity contribution in [2.24, 2.45) is 11.7 Å². The van der Waals surface area contributed by atoms with Crippen LogP contribution in [0, 0.1) is 19.8 Å². The number of rotatable bonds is 8. The number of nitrogens with zero attached hydrogens (tertiary/aromatic N) is 5. The van der Waals surface area contributed by atoms with Gasteiger partial charge in [0.15, 0.2) is 5.65 Å². The van der Waals surface area contributed by atoms with E-state index in [1.54, 1.807) is 16.4 Å². The molecule has 36 heavy (non-hydrogen) atoms. The van der Waals surface area contributed by atoms with Crippen molar-refractivity contribution in [2.75, 3.05) is 13.1 Å². The van der Waals surface area contributed by atoms with Gasteiger partial charge in [-0.2, -0.15) is 9.61 Å². The Kier molecular flexibility index (Phi) is 7.56. The molecule has 2 N–H and O–H groups in total. The summed E-state index contributed by atoms with van der Waals surface area (Å²) in [4.78, 5) is 34.1. The van der Waals surface area contributed by atoms with Crippen LogP contribution >= 0.6 is 11.6 Å². The zero-order valence-corrected chi connectivity index (χ0v) is 21.7. The lowest BCUT2D eigenvalue weighted by Gasteiger charge is -2.35. The van der Waals surface area contributed by atoms with Crippen LogP contribution in [0.5, 0.6) is 0 Å². The van der Waals surface area contributed by atoms with Gasteiger partial charge >= 0.3 is 5.69 Å². The maximum Gasteiger partial charge on any atom is 0.352 e. The van der Waals surface area contributed by atoms with Crippen LogP contribution < -0.4 is 11.4 Å². The highest BCUT2D eigenvalue weighted by atomic mass is 35.5. The SMILES string of the molecule is Cc1ccc(C(=O)N(CCN)[C@H](c2nc3c(Cl)c(C)nn3c(=O)n2Cc2ccccc2)C(C)C)cc1. The van der Waals surface area contributed by atoms with E-state index in [4.69, 9.17) is 22.3 Å². The molecule has 0 fully saturated rings. The van der Waals surface area contributed by atoms with E-state index in [2.05, 4.69) is 5.10 Å². The van der Waals surface area contributed by atoms with E-state index < -0.39 is 6.04 Å². The van der Waals surface area contributed by atoms with E-state index in [0.717, 1.165) is 11.1 Å². The summed E-state index contributed by atoms with van der Waals surface area (Å²) in [6, 6.07) is 16.5. The summed E-state index contributed by atoms with van der Waals surface area (Å²) < 4.78 is 2.82. The lowest BCUT2D eigenvalue weighted by molar-refractivity contribution is 0.0611. The van der Waals surface area contributed by atoms with Gasteiger partial charge in [0, 0.05) is 18.7 Å². The van der Waals surface area contributed by atoms with Crippen molar-refractivity contribution in [3.05, 3.63) is 98.3 Å². The van der Waals surface area contributed by atoms with Crippen LogP contribution in [0.1, 0.15) is 52.9 Å². The van der Waals surface area contributed by atoms with Gasteiger partial charge in [0.05, 0.1) is 18.3 Å². The van der Waals surface area contributed by atoms with Crippen LogP contribution in [-0.4, -0.2) is 43.1 Å². The first-order valence-electron chi connectivity index (χ1n) is 12.0. The van der Waals surface area contributed by atoms with Crippen molar-refractivity contribution in [2.45, 2.75) is 40.3 Å². The summed E-state index contributed by atoms with van der Waals surface area (Å²) in [6.45, 7) is 8.55. The highest BCUT2D eigenvalue weighted by Gasteiger charge is 2.33. The van der Waals surface area contributed by atoms with Crippen molar-refractivity contribution in [3.63, 3.8) is 0 Å². The van der Waals surface area contributed by atoms with Gasteiger partial charge in [0.25, 0.3) is 5.91 Å². The molecule has 2 heterocycles. The zero-order chi connectivity index (χ0) is 26.0. The summed E-state index contributed by atoms with van der Waals surface area (Å²) in [5.74, 6) is 0.197. The van der Waals surface area contributed by atoms with Gasteiger partial charge in [-0.15, -0.1) is 0 Å². The third kappa shape index (κ3) is 4.92. The molecule has 1 amide bonds. The average molecular weight is 507 g/mol. The molecule has 0 aliphatic heterocycles. The second-order valence-corrected chi connectivity index (χ2v) is 9.68. The van der Waals surface area contributed by atoms with Gasteiger partial charge in [0.1, 0.15) is 10.8 Å². The molecule has 4 aromatic rings. The molecule has 2 aromatic carbocycles. The van der Waals surface area contributed by atoms with Crippen molar-refractivity contribution >= 4 is 23.2 Å². The number of carbonyl (C=O) groups is 1. The molecule has 9 heteroatoms. The molecule has 0 spiro atoms. The molecule has 4 rings (SSSR count). The summed E-state index contributed by atoms with van der Waals surface area (Å²) in [7, 11) is 0. The quantitative estimate of drug-likeness (QED) is 0.389. The van der Waals surface area contributed by atoms with Gasteiger partial charge in [-0.1, -0.05) is 73.5 Å². The topological polar surface area (TPSA) is 98.5 Å². The molecule has 0 radical (unpaired) electrons. The Hall–Kier alpha value is -3.49. The van der Waals surface area contributed by atoms with E-state index in [0.29, 0.717) is 28.6 Å². The van der Waals surface area contributed by atoms with Crippen molar-refractivity contribution in [3.8, 4) is 0 Å². The van der Waals surface area contributed by atoms with Crippen LogP contribution in [0.15, 0.2) is 59.4 Å². The van der Waals surface area contributed by atoms with Gasteiger partial charge in [-0.05, 0) is 37.5 Å². The molecule has 2 aromatic heterocycles. The number of amides is 1. The van der Waals surface area contributed by atoms with E-state index in [1.165, 1.54) is 4.52 Å². The fourth-order valence-corrected chi connectivity index (χ4v) is 4.57. The number of nitrogens with two attached hydrogens (primary N) is 1. The molecule has 188 valence electrons. The van der Waals surface area contributed by atoms with E-state index in [1.807, 2.05) is 75.4 Å². The number of fused-ring (bicyclic) bond motifs is 1. The summed E-state index contributed by atoms with van der Waals surface area (Å²) in [6.07, 6.45) is 0. The van der Waals surface area contributed by atoms with Crippen molar-refractivity contribution < 1.29 is 4.79 Å². The smallest absolute Gasteiger partial charge is 0.329 e. The van der Waals surface area contributed by atoms with E-state index in [9.17, 15) is 9.59 Å². The van der Waals surface area contributed by atoms with Gasteiger partial charge < -0.3 is 10.6 Å². The first-order chi connectivity index (χ1) is 17.2. The predicted molar refractivity (Wildman–Crippen MR) is 141 cm³/mol. The summed E-state index contributed by atoms with van der Waals surface area (Å²) in [5.41, 5.74) is 8.94. The second kappa shape index (κ2) is 10.6. The fraction of sp³-hybridized carbons (Fsp3) is 0.333. The fourth-order valence-electron chi connectivity index (χ4n) is 4.41. The summed E-state index contributed by atoms with van der Waals surface area (Å²) >= 11 is 6.50. The largest absolute Gasteiger partial charge is 0.352 e. The first-order valence-corrected chi connectivity index (χ1v) is 12.4. The molecule has 0 aliphatic carbocycles. The molecular formula is C27H31ClN6O2. The van der Waals surface area contributed by atoms with Crippen LogP contribution in [0.25, 0.3) is 5.65 Å². The molecule has 0 saturated heterocycles. The lowest BCUT2D eigenvalue weighted by Crippen LogP contribution is -2.44. The third-order valence-corrected chi connectivity index (χ3v) is 6.66. The Morgan fingerprint density at radius 1 is 1.08 bits per heavy atom. The van der Waals surface area contributed by atoms with Gasteiger partial charge in [-0.25, -0.2) is 9.78 Å². The van der Waals surface area contributed by atoms with E-state index in [-0.39, 0.29) is 36.3 Å². The average Bonchev–Trinajstić information content (AvgIpc) is 3.15. The van der Waals surface area contributed by atoms with Gasteiger partial charge in [0.2, 0.25) is 0 Å². The van der Waals surface area contributed by atoms with Crippen LogP contribution in [0.3, 0.4) is 0 Å². The number of carbonyl (C=O) groups excluding carboxylic acids is 1. The molecule has 0 saturated carbocycles. The van der Waals surface area contributed by atoms with Crippen LogP contribution in [-0.2, 0) is 6.54 Å². The zero-order valence-electron chi connectivity index (χ0n) is 21.0. The van der Waals surface area contributed by atoms with Gasteiger partial charge in [-0.3, -0.25) is 9.36 Å². The summed E-state index contributed by atoms with van der Waals surface area (Å²) in [5, 5.41) is 4.64. The molecule has 8 nitrogen and oxygen atoms in total. The van der Waals surface area contributed by atoms with E-state index >= 15 is 0 Å². The molecule has 0 bridgehead atoms. The minimum Gasteiger partial charge on any atom is -0.329 e. The molecule has 1 atom stereocenters. The highest BCUT2D eigenvalue weighted by molar-refractivity contribution is 6.34. The standard InChI is InChI=1S/C27H31ClN6O2/c1-17(2)23(32(15-14-29)26(35)21-12-10-18(3)11-13-21)25-30-24-22(28)19(4)31-34(24)27(36)33(25)16-20-8-6-5-7-9-20/h5-13,17,23H,14-16,29H2,1-4H3/t23-/m0/s1. The molecule has 0 unspecified atom stereocenters. The number of benzene rings is 2. The van der Waals surface area contributed by atoms with Crippen molar-refractivity contribution in [1.82, 2.24) is 24.1 Å². The highest BCUT2D eigenvalue weighted by Crippen LogP contribution is 2.30. The number of halogens is 1. The first kappa shape index (κ1) is 25.6. The Morgan fingerprint density at radius 3 is 2.36 bits per heavy atom. The number of aryl methyl sites for hydroxylation is 2. The molecule has 0 aliphatic rings. The van der Waals surface area contributed by atoms with Crippen molar-refractivity contribution in [1.29, 1.82) is 0 Å². The lowest BCUT2D eigenvalue weighted by atomic mass is 9.99. The normalized spacial score (nSPS) is 12.3. The second-order valence-electron chi connectivity index (χ2n) is 9.30. The Bertz CT molecular complexity index is 1430. The predicted octanol–water partition coefficient (Wildman–Crippen LogP) is 4.01. The minimum absolute atomic E-state index is 0.0786. The number of aromatic nitrogens is 4. The Balaban J connectivity index is 1.94. The number of hydrogen-bond acceptors (Lipinski definition) is 5. The molecular weight excluding hydrogens is 476 g/mol. The number of hydrogen-bond donors (Lipinski definition) is 1. The Morgan fingerprint density at radius 2 is 1.75 bits per heavy atom. The monoisotopic (exact) mass is 506 g/mol. The Labute approximate surface area is 215 Å². The van der Waals surface area contributed by atoms with Crippen LogP contribution in [0.2, 0.25) is 5.02 Å².